The summed E-state index contributed by atoms with van der Waals surface area (Å²) in [5, 5.41) is 2.69. The molecule has 1 N–H and O–H groups in total. The predicted octanol–water partition coefficient (Wildman–Crippen LogP) is 1.98. The summed E-state index contributed by atoms with van der Waals surface area (Å²) in [4.78, 5) is 11.5. The molecule has 0 aromatic heterocycles. The molecule has 1 aromatic carbocycles. The van der Waals surface area contributed by atoms with Crippen molar-refractivity contribution in [3.8, 4) is 0 Å². The first-order valence-electron chi connectivity index (χ1n) is 5.16. The van der Waals surface area contributed by atoms with E-state index in [9.17, 15) is 4.79 Å². The third-order valence-corrected chi connectivity index (χ3v) is 3.21. The summed E-state index contributed by atoms with van der Waals surface area (Å²) in [7, 11) is 1.70. The molecule has 3 nitrogen and oxygen atoms in total. The van der Waals surface area contributed by atoms with Crippen LogP contribution in [0, 0.1) is 6.92 Å². The summed E-state index contributed by atoms with van der Waals surface area (Å²) in [6.07, 6.45) is 0.726. The zero-order chi connectivity index (χ0) is 11.8. The molecule has 0 saturated carbocycles. The lowest BCUT2D eigenvalue weighted by Gasteiger charge is -2.08. The maximum atomic E-state index is 10.3. The smallest absolute Gasteiger partial charge is 0.207 e. The number of hydrogen-bond acceptors (Lipinski definition) is 3. The number of aryl methyl sites for hydroxylation is 1. The standard InChI is InChI=1S/C12H17NO2S/c1-10-3-4-12(16-6-5-15-2)7-11(10)8-13-9-14/h3-4,7,9H,5-6,8H2,1-2H3,(H,13,14). The highest BCUT2D eigenvalue weighted by molar-refractivity contribution is 7.99. The SMILES string of the molecule is COCCSc1ccc(C)c(CNC=O)c1. The van der Waals surface area contributed by atoms with Gasteiger partial charge in [0, 0.05) is 24.3 Å². The molecule has 16 heavy (non-hydrogen) atoms. The summed E-state index contributed by atoms with van der Waals surface area (Å²) in [6, 6.07) is 6.29. The van der Waals surface area contributed by atoms with Crippen LogP contribution in [-0.4, -0.2) is 25.9 Å². The third-order valence-electron chi connectivity index (χ3n) is 2.25. The minimum atomic E-state index is 0.591. The molecule has 0 unspecified atom stereocenters. The van der Waals surface area contributed by atoms with Gasteiger partial charge in [-0.2, -0.15) is 0 Å². The second-order valence-electron chi connectivity index (χ2n) is 3.43. The Morgan fingerprint density at radius 3 is 3.00 bits per heavy atom. The summed E-state index contributed by atoms with van der Waals surface area (Å²) in [6.45, 7) is 3.39. The van der Waals surface area contributed by atoms with E-state index < -0.39 is 0 Å². The Balaban J connectivity index is 2.61. The molecule has 0 fully saturated rings. The molecule has 0 spiro atoms. The van der Waals surface area contributed by atoms with Gasteiger partial charge in [-0.25, -0.2) is 0 Å². The summed E-state index contributed by atoms with van der Waals surface area (Å²) >= 11 is 1.76. The average molecular weight is 239 g/mol. The van der Waals surface area contributed by atoms with Crippen molar-refractivity contribution in [1.29, 1.82) is 0 Å². The minimum absolute atomic E-state index is 0.591. The monoisotopic (exact) mass is 239 g/mol. The summed E-state index contributed by atoms with van der Waals surface area (Å²) < 4.78 is 5.00. The van der Waals surface area contributed by atoms with E-state index in [4.69, 9.17) is 4.74 Å². The Hall–Kier alpha value is -1.00. The van der Waals surface area contributed by atoms with Gasteiger partial charge in [0.05, 0.1) is 6.61 Å². The van der Waals surface area contributed by atoms with Crippen LogP contribution in [0.5, 0.6) is 0 Å². The number of thioether (sulfide) groups is 1. The van der Waals surface area contributed by atoms with E-state index in [-0.39, 0.29) is 0 Å². The topological polar surface area (TPSA) is 38.3 Å². The van der Waals surface area contributed by atoms with E-state index in [0.717, 1.165) is 24.3 Å². The molecule has 88 valence electrons. The third kappa shape index (κ3) is 4.24. The van der Waals surface area contributed by atoms with Crippen LogP contribution in [0.3, 0.4) is 0 Å². The van der Waals surface area contributed by atoms with E-state index >= 15 is 0 Å². The first kappa shape index (κ1) is 13.1. The van der Waals surface area contributed by atoms with Crippen molar-refractivity contribution in [1.82, 2.24) is 5.32 Å². The van der Waals surface area contributed by atoms with Crippen LogP contribution in [0.2, 0.25) is 0 Å². The van der Waals surface area contributed by atoms with Crippen molar-refractivity contribution in [2.24, 2.45) is 0 Å². The van der Waals surface area contributed by atoms with E-state index in [1.165, 1.54) is 10.5 Å². The van der Waals surface area contributed by atoms with E-state index in [1.807, 2.05) is 6.92 Å². The van der Waals surface area contributed by atoms with Crippen molar-refractivity contribution in [2.75, 3.05) is 19.5 Å². The number of hydrogen-bond donors (Lipinski definition) is 1. The maximum absolute atomic E-state index is 10.3. The van der Waals surface area contributed by atoms with Crippen LogP contribution in [-0.2, 0) is 16.1 Å². The molecular weight excluding hydrogens is 222 g/mol. The van der Waals surface area contributed by atoms with Gasteiger partial charge in [0.25, 0.3) is 0 Å². The molecule has 0 radical (unpaired) electrons. The molecule has 0 aliphatic heterocycles. The van der Waals surface area contributed by atoms with Gasteiger partial charge >= 0.3 is 0 Å². The Bertz CT molecular complexity index is 342. The number of methoxy groups -OCH3 is 1. The predicted molar refractivity (Wildman–Crippen MR) is 66.7 cm³/mol. The normalized spacial score (nSPS) is 10.1. The van der Waals surface area contributed by atoms with E-state index in [0.29, 0.717) is 6.54 Å². The van der Waals surface area contributed by atoms with Crippen LogP contribution in [0.25, 0.3) is 0 Å². The highest BCUT2D eigenvalue weighted by atomic mass is 32.2. The molecule has 0 aliphatic carbocycles. The highest BCUT2D eigenvalue weighted by Gasteiger charge is 2.00. The largest absolute Gasteiger partial charge is 0.384 e. The van der Waals surface area contributed by atoms with Crippen molar-refractivity contribution in [3.05, 3.63) is 29.3 Å². The quantitative estimate of drug-likeness (QED) is 0.449. The van der Waals surface area contributed by atoms with Crippen molar-refractivity contribution < 1.29 is 9.53 Å². The van der Waals surface area contributed by atoms with Gasteiger partial charge in [-0.05, 0) is 30.2 Å². The Morgan fingerprint density at radius 1 is 1.50 bits per heavy atom. The average Bonchev–Trinajstić information content (AvgIpc) is 2.30. The molecule has 1 aromatic rings. The van der Waals surface area contributed by atoms with Crippen LogP contribution in [0.1, 0.15) is 11.1 Å². The molecule has 1 amide bonds. The van der Waals surface area contributed by atoms with E-state index in [1.54, 1.807) is 18.9 Å². The van der Waals surface area contributed by atoms with Gasteiger partial charge in [0.1, 0.15) is 0 Å². The Labute approximate surface area is 101 Å². The lowest BCUT2D eigenvalue weighted by molar-refractivity contribution is -0.109. The van der Waals surface area contributed by atoms with E-state index in [2.05, 4.69) is 23.5 Å². The molecular formula is C12H17NO2S. The van der Waals surface area contributed by atoms with Gasteiger partial charge in [-0.3, -0.25) is 4.79 Å². The zero-order valence-electron chi connectivity index (χ0n) is 9.66. The number of benzene rings is 1. The minimum Gasteiger partial charge on any atom is -0.384 e. The molecule has 4 heteroatoms. The fourth-order valence-corrected chi connectivity index (χ4v) is 2.20. The summed E-state index contributed by atoms with van der Waals surface area (Å²) in [5.41, 5.74) is 2.36. The van der Waals surface area contributed by atoms with Crippen molar-refractivity contribution >= 4 is 18.2 Å². The second kappa shape index (κ2) is 7.30. The Morgan fingerprint density at radius 2 is 2.31 bits per heavy atom. The molecule has 0 atom stereocenters. The van der Waals surface area contributed by atoms with Crippen LogP contribution in [0.4, 0.5) is 0 Å². The number of ether oxygens (including phenoxy) is 1. The number of carbonyl (C=O) groups is 1. The van der Waals surface area contributed by atoms with Crippen molar-refractivity contribution in [3.63, 3.8) is 0 Å². The highest BCUT2D eigenvalue weighted by Crippen LogP contribution is 2.21. The van der Waals surface area contributed by atoms with Gasteiger partial charge in [0.2, 0.25) is 6.41 Å². The zero-order valence-corrected chi connectivity index (χ0v) is 10.5. The number of carbonyl (C=O) groups excluding carboxylic acids is 1. The molecule has 0 saturated heterocycles. The van der Waals surface area contributed by atoms with Gasteiger partial charge in [-0.1, -0.05) is 6.07 Å². The first-order chi connectivity index (χ1) is 7.77. The van der Waals surface area contributed by atoms with Gasteiger partial charge in [-0.15, -0.1) is 11.8 Å². The second-order valence-corrected chi connectivity index (χ2v) is 4.60. The fraction of sp³-hybridized carbons (Fsp3) is 0.417. The van der Waals surface area contributed by atoms with Crippen molar-refractivity contribution in [2.45, 2.75) is 18.4 Å². The molecule has 0 heterocycles. The number of amides is 1. The first-order valence-corrected chi connectivity index (χ1v) is 6.14. The molecule has 0 aliphatic rings. The summed E-state index contributed by atoms with van der Waals surface area (Å²) in [5.74, 6) is 0.945. The van der Waals surface area contributed by atoms with Gasteiger partial charge < -0.3 is 10.1 Å². The maximum Gasteiger partial charge on any atom is 0.207 e. The lowest BCUT2D eigenvalue weighted by Crippen LogP contribution is -2.10. The number of nitrogens with one attached hydrogen (secondary N) is 1. The van der Waals surface area contributed by atoms with Crippen LogP contribution in [0.15, 0.2) is 23.1 Å². The fourth-order valence-electron chi connectivity index (χ4n) is 1.32. The molecule has 1 rings (SSSR count). The number of rotatable bonds is 7. The van der Waals surface area contributed by atoms with Gasteiger partial charge in [0.15, 0.2) is 0 Å². The van der Waals surface area contributed by atoms with Crippen LogP contribution < -0.4 is 5.32 Å². The Kier molecular flexibility index (Phi) is 5.96. The van der Waals surface area contributed by atoms with Crippen LogP contribution >= 0.6 is 11.8 Å². The lowest BCUT2D eigenvalue weighted by atomic mass is 10.1. The molecule has 0 bridgehead atoms.